The minimum Gasteiger partial charge on any atom is -0.398 e. The average Bonchev–Trinajstić information content (AvgIpc) is 2.80. The maximum Gasteiger partial charge on any atom is 0.141 e. The smallest absolute Gasteiger partial charge is 0.141 e. The summed E-state index contributed by atoms with van der Waals surface area (Å²) in [4.78, 5) is 4.81. The van der Waals surface area contributed by atoms with Gasteiger partial charge in [-0.1, -0.05) is 15.9 Å². The largest absolute Gasteiger partial charge is 0.398 e. The Hall–Kier alpha value is -1.33. The lowest BCUT2D eigenvalue weighted by atomic mass is 10.2. The third-order valence-electron chi connectivity index (χ3n) is 3.43. The highest BCUT2D eigenvalue weighted by atomic mass is 79.9. The number of imidazole rings is 1. The first kappa shape index (κ1) is 14.6. The van der Waals surface area contributed by atoms with E-state index in [0.717, 1.165) is 37.1 Å². The molecule has 0 atom stereocenters. The summed E-state index contributed by atoms with van der Waals surface area (Å²) < 4.78 is 4.18. The Morgan fingerprint density at radius 2 is 1.86 bits per heavy atom. The number of nitrogens with two attached hydrogens (primary N) is 1. The van der Waals surface area contributed by atoms with Crippen molar-refractivity contribution in [2.24, 2.45) is 0 Å². The Kier molecular flexibility index (Phi) is 3.80. The molecule has 108 valence electrons. The van der Waals surface area contributed by atoms with Gasteiger partial charge in [-0.3, -0.25) is 0 Å². The highest BCUT2D eigenvalue weighted by molar-refractivity contribution is 9.10. The molecule has 0 saturated heterocycles. The standard InChI is InChI=1S/C16H15Br2N3/c1-9(2)21-15-6-4-11(17)8-14(15)20-16(21)10-3-5-13(19)12(18)7-10/h3-9H,19H2,1-2H3. The molecular weight excluding hydrogens is 394 g/mol. The number of nitrogens with zero attached hydrogens (tertiary/aromatic N) is 2. The zero-order chi connectivity index (χ0) is 15.1. The molecule has 0 aliphatic carbocycles. The second-order valence-electron chi connectivity index (χ2n) is 5.27. The summed E-state index contributed by atoms with van der Waals surface area (Å²) in [6.45, 7) is 4.33. The van der Waals surface area contributed by atoms with E-state index in [1.807, 2.05) is 30.3 Å². The van der Waals surface area contributed by atoms with Gasteiger partial charge in [-0.2, -0.15) is 0 Å². The second-order valence-corrected chi connectivity index (χ2v) is 7.04. The van der Waals surface area contributed by atoms with E-state index in [9.17, 15) is 0 Å². The summed E-state index contributed by atoms with van der Waals surface area (Å²) >= 11 is 7.00. The van der Waals surface area contributed by atoms with E-state index in [0.29, 0.717) is 6.04 Å². The first-order valence-electron chi connectivity index (χ1n) is 6.70. The van der Waals surface area contributed by atoms with Gasteiger partial charge in [-0.15, -0.1) is 0 Å². The topological polar surface area (TPSA) is 43.8 Å². The Balaban J connectivity index is 2.30. The number of benzene rings is 2. The molecule has 0 bridgehead atoms. The van der Waals surface area contributed by atoms with E-state index in [2.05, 4.69) is 56.3 Å². The van der Waals surface area contributed by atoms with Crippen molar-refractivity contribution >= 4 is 48.6 Å². The van der Waals surface area contributed by atoms with Crippen LogP contribution in [0.3, 0.4) is 0 Å². The van der Waals surface area contributed by atoms with Gasteiger partial charge in [0.15, 0.2) is 0 Å². The minimum atomic E-state index is 0.322. The molecule has 1 heterocycles. The third-order valence-corrected chi connectivity index (χ3v) is 4.61. The molecular formula is C16H15Br2N3. The lowest BCUT2D eigenvalue weighted by Crippen LogP contribution is -2.03. The van der Waals surface area contributed by atoms with Gasteiger partial charge in [0.2, 0.25) is 0 Å². The predicted octanol–water partition coefficient (Wildman–Crippen LogP) is 5.39. The summed E-state index contributed by atoms with van der Waals surface area (Å²) in [6.07, 6.45) is 0. The first-order valence-corrected chi connectivity index (χ1v) is 8.29. The van der Waals surface area contributed by atoms with E-state index < -0.39 is 0 Å². The molecule has 2 aromatic carbocycles. The van der Waals surface area contributed by atoms with Crippen LogP contribution >= 0.6 is 31.9 Å². The molecule has 3 nitrogen and oxygen atoms in total. The molecule has 0 fully saturated rings. The maximum atomic E-state index is 5.88. The van der Waals surface area contributed by atoms with Crippen molar-refractivity contribution in [3.05, 3.63) is 45.3 Å². The molecule has 0 aliphatic rings. The van der Waals surface area contributed by atoms with Gasteiger partial charge in [0.05, 0.1) is 11.0 Å². The highest BCUT2D eigenvalue weighted by Crippen LogP contribution is 2.32. The average molecular weight is 409 g/mol. The normalized spacial score (nSPS) is 11.5. The van der Waals surface area contributed by atoms with Gasteiger partial charge < -0.3 is 10.3 Å². The Bertz CT molecular complexity index is 822. The molecule has 0 radical (unpaired) electrons. The molecule has 0 aliphatic heterocycles. The molecule has 21 heavy (non-hydrogen) atoms. The van der Waals surface area contributed by atoms with Crippen molar-refractivity contribution in [3.63, 3.8) is 0 Å². The van der Waals surface area contributed by atoms with E-state index in [1.54, 1.807) is 0 Å². The molecule has 3 rings (SSSR count). The summed E-state index contributed by atoms with van der Waals surface area (Å²) in [5.41, 5.74) is 9.78. The van der Waals surface area contributed by atoms with Crippen molar-refractivity contribution in [1.29, 1.82) is 0 Å². The number of hydrogen-bond acceptors (Lipinski definition) is 2. The molecule has 5 heteroatoms. The predicted molar refractivity (Wildman–Crippen MR) is 95.4 cm³/mol. The fourth-order valence-electron chi connectivity index (χ4n) is 2.46. The molecule has 0 spiro atoms. The molecule has 1 aromatic heterocycles. The van der Waals surface area contributed by atoms with Crippen LogP contribution in [0.4, 0.5) is 5.69 Å². The summed E-state index contributed by atoms with van der Waals surface area (Å²) in [5, 5.41) is 0. The van der Waals surface area contributed by atoms with E-state index in [1.165, 1.54) is 0 Å². The lowest BCUT2D eigenvalue weighted by Gasteiger charge is -2.13. The summed E-state index contributed by atoms with van der Waals surface area (Å²) in [6, 6.07) is 12.4. The monoisotopic (exact) mass is 407 g/mol. The maximum absolute atomic E-state index is 5.88. The van der Waals surface area contributed by atoms with Crippen LogP contribution in [0.15, 0.2) is 45.3 Å². The number of halogens is 2. The van der Waals surface area contributed by atoms with Gasteiger partial charge in [0.25, 0.3) is 0 Å². The number of hydrogen-bond donors (Lipinski definition) is 1. The van der Waals surface area contributed by atoms with Crippen LogP contribution in [0.5, 0.6) is 0 Å². The molecule has 3 aromatic rings. The Morgan fingerprint density at radius 1 is 1.10 bits per heavy atom. The SMILES string of the molecule is CC(C)n1c(-c2ccc(N)c(Br)c2)nc2cc(Br)ccc21. The number of aromatic nitrogens is 2. The van der Waals surface area contributed by atoms with Crippen LogP contribution in [-0.4, -0.2) is 9.55 Å². The van der Waals surface area contributed by atoms with Crippen LogP contribution in [0.1, 0.15) is 19.9 Å². The Morgan fingerprint density at radius 3 is 2.52 bits per heavy atom. The van der Waals surface area contributed by atoms with Crippen molar-refractivity contribution in [2.45, 2.75) is 19.9 Å². The highest BCUT2D eigenvalue weighted by Gasteiger charge is 2.15. The fraction of sp³-hybridized carbons (Fsp3) is 0.188. The second kappa shape index (κ2) is 5.46. The van der Waals surface area contributed by atoms with E-state index in [-0.39, 0.29) is 0 Å². The van der Waals surface area contributed by atoms with Gasteiger partial charge in [-0.05, 0) is 66.2 Å². The Labute approximate surface area is 140 Å². The number of rotatable bonds is 2. The molecule has 0 saturated carbocycles. The first-order chi connectivity index (χ1) is 9.97. The van der Waals surface area contributed by atoms with Gasteiger partial charge in [0.1, 0.15) is 5.82 Å². The number of fused-ring (bicyclic) bond motifs is 1. The van der Waals surface area contributed by atoms with Gasteiger partial charge in [-0.25, -0.2) is 4.98 Å². The number of anilines is 1. The fourth-order valence-corrected chi connectivity index (χ4v) is 3.19. The summed E-state index contributed by atoms with van der Waals surface area (Å²) in [7, 11) is 0. The van der Waals surface area contributed by atoms with Crippen molar-refractivity contribution in [3.8, 4) is 11.4 Å². The van der Waals surface area contributed by atoms with Gasteiger partial charge >= 0.3 is 0 Å². The van der Waals surface area contributed by atoms with Crippen LogP contribution in [0.2, 0.25) is 0 Å². The zero-order valence-electron chi connectivity index (χ0n) is 11.8. The van der Waals surface area contributed by atoms with Crippen LogP contribution in [-0.2, 0) is 0 Å². The minimum absolute atomic E-state index is 0.322. The van der Waals surface area contributed by atoms with E-state index >= 15 is 0 Å². The van der Waals surface area contributed by atoms with Crippen molar-refractivity contribution in [2.75, 3.05) is 5.73 Å². The van der Waals surface area contributed by atoms with Crippen LogP contribution in [0, 0.1) is 0 Å². The molecule has 0 amide bonds. The van der Waals surface area contributed by atoms with Crippen LogP contribution < -0.4 is 5.73 Å². The summed E-state index contributed by atoms with van der Waals surface area (Å²) in [5.74, 6) is 0.957. The zero-order valence-corrected chi connectivity index (χ0v) is 14.9. The van der Waals surface area contributed by atoms with Gasteiger partial charge in [0, 0.05) is 26.2 Å². The molecule has 0 unspecified atom stereocenters. The quantitative estimate of drug-likeness (QED) is 0.577. The van der Waals surface area contributed by atoms with Crippen LogP contribution in [0.25, 0.3) is 22.4 Å². The van der Waals surface area contributed by atoms with Crippen molar-refractivity contribution in [1.82, 2.24) is 9.55 Å². The lowest BCUT2D eigenvalue weighted by molar-refractivity contribution is 0.624. The van der Waals surface area contributed by atoms with Crippen molar-refractivity contribution < 1.29 is 0 Å². The molecule has 2 N–H and O–H groups in total. The number of nitrogen functional groups attached to an aromatic ring is 1. The van der Waals surface area contributed by atoms with E-state index in [4.69, 9.17) is 10.7 Å². The third kappa shape index (κ3) is 2.60.